The van der Waals surface area contributed by atoms with Gasteiger partial charge >= 0.3 is 0 Å². The highest BCUT2D eigenvalue weighted by molar-refractivity contribution is 4.98. The summed E-state index contributed by atoms with van der Waals surface area (Å²) < 4.78 is 5.42. The van der Waals surface area contributed by atoms with Gasteiger partial charge in [-0.2, -0.15) is 0 Å². The largest absolute Gasteiger partial charge is 0.498 e. The van der Waals surface area contributed by atoms with Crippen LogP contribution >= 0.6 is 0 Å². The summed E-state index contributed by atoms with van der Waals surface area (Å²) in [6, 6.07) is 0. The summed E-state index contributed by atoms with van der Waals surface area (Å²) in [5.41, 5.74) is 0. The SMILES string of the molecule is CC1CCC2OC=CC2C1. The molecular weight excluding hydrogens is 124 g/mol. The first-order chi connectivity index (χ1) is 4.86. The zero-order chi connectivity index (χ0) is 6.97. The Morgan fingerprint density at radius 2 is 2.30 bits per heavy atom. The van der Waals surface area contributed by atoms with Crippen LogP contribution in [0, 0.1) is 11.8 Å². The molecule has 10 heavy (non-hydrogen) atoms. The third-order valence-electron chi connectivity index (χ3n) is 2.68. The van der Waals surface area contributed by atoms with Crippen LogP contribution in [0.5, 0.6) is 0 Å². The van der Waals surface area contributed by atoms with Crippen LogP contribution in [-0.2, 0) is 4.74 Å². The lowest BCUT2D eigenvalue weighted by atomic mass is 9.81. The van der Waals surface area contributed by atoms with Crippen LogP contribution < -0.4 is 0 Å². The van der Waals surface area contributed by atoms with Gasteiger partial charge in [-0.25, -0.2) is 0 Å². The molecule has 0 aromatic rings. The predicted octanol–water partition coefficient (Wildman–Crippen LogP) is 2.34. The molecule has 0 aromatic heterocycles. The molecule has 3 atom stereocenters. The zero-order valence-electron chi connectivity index (χ0n) is 6.42. The standard InChI is InChI=1S/C9H14O/c1-7-2-3-9-8(6-7)4-5-10-9/h4-5,7-9H,2-3,6H2,1H3. The second-order valence-electron chi connectivity index (χ2n) is 3.59. The molecule has 0 saturated heterocycles. The molecule has 1 aliphatic heterocycles. The Kier molecular flexibility index (Phi) is 1.44. The number of hydrogen-bond donors (Lipinski definition) is 0. The van der Waals surface area contributed by atoms with Crippen LogP contribution in [0.1, 0.15) is 26.2 Å². The number of fused-ring (bicyclic) bond motifs is 1. The molecule has 1 nitrogen and oxygen atoms in total. The lowest BCUT2D eigenvalue weighted by molar-refractivity contribution is 0.0838. The van der Waals surface area contributed by atoms with Gasteiger partial charge in [0.1, 0.15) is 6.10 Å². The average molecular weight is 138 g/mol. The smallest absolute Gasteiger partial charge is 0.104 e. The lowest BCUT2D eigenvalue weighted by Crippen LogP contribution is -2.24. The molecule has 1 saturated carbocycles. The van der Waals surface area contributed by atoms with E-state index < -0.39 is 0 Å². The highest BCUT2D eigenvalue weighted by Gasteiger charge is 2.30. The van der Waals surface area contributed by atoms with Crippen LogP contribution in [-0.4, -0.2) is 6.10 Å². The van der Waals surface area contributed by atoms with Crippen molar-refractivity contribution >= 4 is 0 Å². The van der Waals surface area contributed by atoms with Gasteiger partial charge in [-0.05, 0) is 31.3 Å². The van der Waals surface area contributed by atoms with Gasteiger partial charge in [0, 0.05) is 5.92 Å². The van der Waals surface area contributed by atoms with Crippen LogP contribution in [0.3, 0.4) is 0 Å². The van der Waals surface area contributed by atoms with E-state index in [0.717, 1.165) is 11.8 Å². The second kappa shape index (κ2) is 2.30. The Hall–Kier alpha value is -0.460. The van der Waals surface area contributed by atoms with Crippen molar-refractivity contribution in [1.29, 1.82) is 0 Å². The van der Waals surface area contributed by atoms with E-state index in [9.17, 15) is 0 Å². The molecule has 1 aliphatic carbocycles. The first kappa shape index (κ1) is 6.26. The van der Waals surface area contributed by atoms with E-state index in [0.29, 0.717) is 6.10 Å². The predicted molar refractivity (Wildman–Crippen MR) is 40.5 cm³/mol. The molecule has 0 N–H and O–H groups in total. The average Bonchev–Trinajstić information content (AvgIpc) is 2.33. The van der Waals surface area contributed by atoms with Gasteiger partial charge in [-0.1, -0.05) is 6.92 Å². The van der Waals surface area contributed by atoms with Gasteiger partial charge in [0.05, 0.1) is 6.26 Å². The highest BCUT2D eigenvalue weighted by Crippen LogP contribution is 2.34. The fourth-order valence-corrected chi connectivity index (χ4v) is 2.02. The van der Waals surface area contributed by atoms with Crippen molar-refractivity contribution in [3.63, 3.8) is 0 Å². The molecule has 0 radical (unpaired) electrons. The molecule has 0 bridgehead atoms. The van der Waals surface area contributed by atoms with Gasteiger partial charge in [0.25, 0.3) is 0 Å². The van der Waals surface area contributed by atoms with Crippen LogP contribution in [0.2, 0.25) is 0 Å². The summed E-state index contributed by atoms with van der Waals surface area (Å²) in [6.07, 6.45) is 8.59. The minimum absolute atomic E-state index is 0.538. The van der Waals surface area contributed by atoms with Gasteiger partial charge in [-0.15, -0.1) is 0 Å². The maximum absolute atomic E-state index is 5.42. The molecule has 0 aromatic carbocycles. The molecule has 0 amide bonds. The van der Waals surface area contributed by atoms with Gasteiger partial charge in [-0.3, -0.25) is 0 Å². The highest BCUT2D eigenvalue weighted by atomic mass is 16.5. The van der Waals surface area contributed by atoms with E-state index in [1.807, 2.05) is 6.26 Å². The lowest BCUT2D eigenvalue weighted by Gasteiger charge is -2.27. The summed E-state index contributed by atoms with van der Waals surface area (Å²) >= 11 is 0. The van der Waals surface area contributed by atoms with Gasteiger partial charge < -0.3 is 4.74 Å². The first-order valence-electron chi connectivity index (χ1n) is 4.18. The fraction of sp³-hybridized carbons (Fsp3) is 0.778. The molecule has 1 heterocycles. The number of hydrogen-bond acceptors (Lipinski definition) is 1. The molecule has 3 unspecified atom stereocenters. The third kappa shape index (κ3) is 0.938. The quantitative estimate of drug-likeness (QED) is 0.499. The second-order valence-corrected chi connectivity index (χ2v) is 3.59. The maximum Gasteiger partial charge on any atom is 0.104 e. The molecular formula is C9H14O. The van der Waals surface area contributed by atoms with E-state index in [4.69, 9.17) is 4.74 Å². The van der Waals surface area contributed by atoms with E-state index in [1.165, 1.54) is 19.3 Å². The van der Waals surface area contributed by atoms with Crippen molar-refractivity contribution in [3.8, 4) is 0 Å². The summed E-state index contributed by atoms with van der Waals surface area (Å²) in [5.74, 6) is 1.65. The molecule has 2 aliphatic rings. The van der Waals surface area contributed by atoms with Gasteiger partial charge in [0.15, 0.2) is 0 Å². The first-order valence-corrected chi connectivity index (χ1v) is 4.18. The van der Waals surface area contributed by atoms with E-state index in [1.54, 1.807) is 0 Å². The van der Waals surface area contributed by atoms with Crippen molar-refractivity contribution < 1.29 is 4.74 Å². The summed E-state index contributed by atoms with van der Waals surface area (Å²) in [5, 5.41) is 0. The van der Waals surface area contributed by atoms with Crippen molar-refractivity contribution in [2.24, 2.45) is 11.8 Å². The summed E-state index contributed by atoms with van der Waals surface area (Å²) in [7, 11) is 0. The van der Waals surface area contributed by atoms with Crippen molar-refractivity contribution in [3.05, 3.63) is 12.3 Å². The van der Waals surface area contributed by atoms with E-state index >= 15 is 0 Å². The Morgan fingerprint density at radius 3 is 3.20 bits per heavy atom. The Balaban J connectivity index is 2.01. The molecule has 1 fully saturated rings. The van der Waals surface area contributed by atoms with Crippen molar-refractivity contribution in [1.82, 2.24) is 0 Å². The summed E-state index contributed by atoms with van der Waals surface area (Å²) in [4.78, 5) is 0. The van der Waals surface area contributed by atoms with E-state index in [-0.39, 0.29) is 0 Å². The fourth-order valence-electron chi connectivity index (χ4n) is 2.02. The van der Waals surface area contributed by atoms with Crippen LogP contribution in [0.4, 0.5) is 0 Å². The third-order valence-corrected chi connectivity index (χ3v) is 2.68. The molecule has 0 spiro atoms. The number of ether oxygens (including phenoxy) is 1. The normalized spacial score (nSPS) is 44.7. The monoisotopic (exact) mass is 138 g/mol. The number of rotatable bonds is 0. The van der Waals surface area contributed by atoms with Crippen LogP contribution in [0.15, 0.2) is 12.3 Å². The van der Waals surface area contributed by atoms with Crippen molar-refractivity contribution in [2.45, 2.75) is 32.3 Å². The van der Waals surface area contributed by atoms with Gasteiger partial charge in [0.2, 0.25) is 0 Å². The van der Waals surface area contributed by atoms with E-state index in [2.05, 4.69) is 13.0 Å². The topological polar surface area (TPSA) is 9.23 Å². The summed E-state index contributed by atoms with van der Waals surface area (Å²) in [6.45, 7) is 2.34. The van der Waals surface area contributed by atoms with Crippen LogP contribution in [0.25, 0.3) is 0 Å². The Morgan fingerprint density at radius 1 is 1.40 bits per heavy atom. The zero-order valence-corrected chi connectivity index (χ0v) is 6.42. The minimum Gasteiger partial charge on any atom is -0.498 e. The Bertz CT molecular complexity index is 151. The van der Waals surface area contributed by atoms with Crippen molar-refractivity contribution in [2.75, 3.05) is 0 Å². The molecule has 2 rings (SSSR count). The Labute approximate surface area is 62.1 Å². The molecule has 56 valence electrons. The maximum atomic E-state index is 5.42. The minimum atomic E-state index is 0.538. The molecule has 1 heteroatoms.